The molecule has 2 heteroatoms. The lowest BCUT2D eigenvalue weighted by atomic mass is 9.86. The van der Waals surface area contributed by atoms with Gasteiger partial charge in [-0.15, -0.1) is 0 Å². The summed E-state index contributed by atoms with van der Waals surface area (Å²) < 4.78 is 5.86. The Morgan fingerprint density at radius 2 is 1.65 bits per heavy atom. The zero-order valence-corrected chi connectivity index (χ0v) is 14.9. The van der Waals surface area contributed by atoms with E-state index >= 15 is 0 Å². The number of hydrogen-bond donors (Lipinski definition) is 1. The van der Waals surface area contributed by atoms with Crippen LogP contribution in [0.1, 0.15) is 46.6 Å². The highest BCUT2D eigenvalue weighted by atomic mass is 16.5. The number of benzene rings is 2. The first-order chi connectivity index (χ1) is 11.0. The van der Waals surface area contributed by atoms with Crippen LogP contribution in [0.25, 0.3) is 0 Å². The normalized spacial score (nSPS) is 12.2. The molecule has 0 radical (unpaired) electrons. The summed E-state index contributed by atoms with van der Waals surface area (Å²) in [5.41, 5.74) is 12.7. The average molecular weight is 311 g/mol. The van der Waals surface area contributed by atoms with Gasteiger partial charge in [-0.25, -0.2) is 0 Å². The van der Waals surface area contributed by atoms with Crippen LogP contribution >= 0.6 is 0 Å². The van der Waals surface area contributed by atoms with Crippen molar-refractivity contribution in [3.63, 3.8) is 0 Å². The minimum atomic E-state index is 0.414. The molecular formula is C21H29NO. The Morgan fingerprint density at radius 1 is 0.957 bits per heavy atom. The minimum absolute atomic E-state index is 0.414. The lowest BCUT2D eigenvalue weighted by molar-refractivity contribution is 0.301. The molecule has 0 saturated heterocycles. The van der Waals surface area contributed by atoms with Crippen molar-refractivity contribution in [3.05, 3.63) is 64.2 Å². The molecule has 0 saturated carbocycles. The fourth-order valence-electron chi connectivity index (χ4n) is 3.44. The van der Waals surface area contributed by atoms with Gasteiger partial charge in [0.25, 0.3) is 0 Å². The lowest BCUT2D eigenvalue weighted by Crippen LogP contribution is -2.16. The van der Waals surface area contributed by atoms with E-state index in [9.17, 15) is 0 Å². The summed E-state index contributed by atoms with van der Waals surface area (Å²) in [5, 5.41) is 0. The molecule has 2 N–H and O–H groups in total. The highest BCUT2D eigenvalue weighted by Crippen LogP contribution is 2.28. The molecule has 0 aliphatic carbocycles. The number of rotatable bonds is 7. The van der Waals surface area contributed by atoms with Crippen molar-refractivity contribution < 1.29 is 4.74 Å². The number of ether oxygens (including phenoxy) is 1. The third-order valence-electron chi connectivity index (χ3n) is 4.39. The van der Waals surface area contributed by atoms with Crippen molar-refractivity contribution in [2.45, 2.75) is 46.5 Å². The average Bonchev–Trinajstić information content (AvgIpc) is 2.48. The third kappa shape index (κ3) is 4.84. The number of aryl methyl sites for hydroxylation is 4. The Morgan fingerprint density at radius 3 is 2.26 bits per heavy atom. The monoisotopic (exact) mass is 311 g/mol. The standard InChI is InChI=1S/C21H29NO/c1-15-7-5-9-20(13-15)23-10-6-8-19(14-22)21-17(3)11-16(2)12-18(21)4/h5,7,9,11-13,19H,6,8,10,14,22H2,1-4H3. The van der Waals surface area contributed by atoms with Gasteiger partial charge in [0.2, 0.25) is 0 Å². The predicted molar refractivity (Wildman–Crippen MR) is 98.4 cm³/mol. The van der Waals surface area contributed by atoms with Crippen LogP contribution in [0, 0.1) is 27.7 Å². The maximum absolute atomic E-state index is 6.05. The van der Waals surface area contributed by atoms with Crippen molar-refractivity contribution >= 4 is 0 Å². The molecule has 0 fully saturated rings. The van der Waals surface area contributed by atoms with E-state index in [1.807, 2.05) is 12.1 Å². The van der Waals surface area contributed by atoms with Crippen molar-refractivity contribution in [3.8, 4) is 5.75 Å². The molecule has 0 aromatic heterocycles. The van der Waals surface area contributed by atoms with Gasteiger partial charge >= 0.3 is 0 Å². The van der Waals surface area contributed by atoms with Gasteiger partial charge in [-0.3, -0.25) is 0 Å². The molecule has 0 spiro atoms. The first-order valence-electron chi connectivity index (χ1n) is 8.48. The van der Waals surface area contributed by atoms with E-state index in [1.165, 1.54) is 27.8 Å². The highest BCUT2D eigenvalue weighted by Gasteiger charge is 2.15. The van der Waals surface area contributed by atoms with Gasteiger partial charge in [-0.2, -0.15) is 0 Å². The van der Waals surface area contributed by atoms with Gasteiger partial charge < -0.3 is 10.5 Å². The summed E-state index contributed by atoms with van der Waals surface area (Å²) in [4.78, 5) is 0. The fraction of sp³-hybridized carbons (Fsp3) is 0.429. The van der Waals surface area contributed by atoms with Gasteiger partial charge in [-0.05, 0) is 87.4 Å². The van der Waals surface area contributed by atoms with Crippen molar-refractivity contribution in [2.75, 3.05) is 13.2 Å². The first kappa shape index (κ1) is 17.6. The molecule has 2 nitrogen and oxygen atoms in total. The van der Waals surface area contributed by atoms with Crippen LogP contribution in [-0.4, -0.2) is 13.2 Å². The van der Waals surface area contributed by atoms with E-state index in [-0.39, 0.29) is 0 Å². The van der Waals surface area contributed by atoms with E-state index < -0.39 is 0 Å². The SMILES string of the molecule is Cc1cccc(OCCCC(CN)c2c(C)cc(C)cc2C)c1. The molecular weight excluding hydrogens is 282 g/mol. The zero-order chi connectivity index (χ0) is 16.8. The van der Waals surface area contributed by atoms with Gasteiger partial charge in [0.05, 0.1) is 6.61 Å². The van der Waals surface area contributed by atoms with Crippen molar-refractivity contribution in [1.29, 1.82) is 0 Å². The number of nitrogens with two attached hydrogens (primary N) is 1. The summed E-state index contributed by atoms with van der Waals surface area (Å²) >= 11 is 0. The molecule has 0 heterocycles. The molecule has 124 valence electrons. The molecule has 1 atom stereocenters. The van der Waals surface area contributed by atoms with E-state index in [0.717, 1.165) is 25.2 Å². The van der Waals surface area contributed by atoms with Crippen molar-refractivity contribution in [2.24, 2.45) is 5.73 Å². The molecule has 2 rings (SSSR count). The van der Waals surface area contributed by atoms with Crippen molar-refractivity contribution in [1.82, 2.24) is 0 Å². The fourth-order valence-corrected chi connectivity index (χ4v) is 3.44. The molecule has 23 heavy (non-hydrogen) atoms. The number of hydrogen-bond acceptors (Lipinski definition) is 2. The quantitative estimate of drug-likeness (QED) is 0.744. The van der Waals surface area contributed by atoms with Gasteiger partial charge in [0.1, 0.15) is 5.75 Å². The molecule has 1 unspecified atom stereocenters. The van der Waals surface area contributed by atoms with Crippen LogP contribution < -0.4 is 10.5 Å². The lowest BCUT2D eigenvalue weighted by Gasteiger charge is -2.21. The van der Waals surface area contributed by atoms with Crippen LogP contribution in [0.3, 0.4) is 0 Å². The van der Waals surface area contributed by atoms with E-state index in [0.29, 0.717) is 12.5 Å². The summed E-state index contributed by atoms with van der Waals surface area (Å²) in [6.07, 6.45) is 2.08. The molecule has 0 amide bonds. The second kappa shape index (κ2) is 8.16. The van der Waals surface area contributed by atoms with E-state index in [1.54, 1.807) is 0 Å². The maximum atomic E-state index is 6.05. The zero-order valence-electron chi connectivity index (χ0n) is 14.9. The summed E-state index contributed by atoms with van der Waals surface area (Å²) in [6, 6.07) is 12.7. The smallest absolute Gasteiger partial charge is 0.119 e. The van der Waals surface area contributed by atoms with Gasteiger partial charge in [-0.1, -0.05) is 29.8 Å². The molecule has 2 aromatic carbocycles. The van der Waals surface area contributed by atoms with Crippen LogP contribution in [0.15, 0.2) is 36.4 Å². The van der Waals surface area contributed by atoms with E-state index in [2.05, 4.69) is 52.0 Å². The topological polar surface area (TPSA) is 35.2 Å². The van der Waals surface area contributed by atoms with Crippen LogP contribution in [-0.2, 0) is 0 Å². The minimum Gasteiger partial charge on any atom is -0.494 e. The Hall–Kier alpha value is -1.80. The maximum Gasteiger partial charge on any atom is 0.119 e. The Bertz CT molecular complexity index is 625. The Kier molecular flexibility index (Phi) is 6.23. The summed E-state index contributed by atoms with van der Waals surface area (Å²) in [5.74, 6) is 1.37. The molecule has 2 aromatic rings. The summed E-state index contributed by atoms with van der Waals surface area (Å²) in [7, 11) is 0. The second-order valence-electron chi connectivity index (χ2n) is 6.55. The third-order valence-corrected chi connectivity index (χ3v) is 4.39. The second-order valence-corrected chi connectivity index (χ2v) is 6.55. The van der Waals surface area contributed by atoms with Crippen LogP contribution in [0.2, 0.25) is 0 Å². The molecule has 0 bridgehead atoms. The Labute approximate surface area is 140 Å². The predicted octanol–water partition coefficient (Wildman–Crippen LogP) is 4.82. The Balaban J connectivity index is 1.93. The largest absolute Gasteiger partial charge is 0.494 e. The highest BCUT2D eigenvalue weighted by molar-refractivity contribution is 5.40. The molecule has 0 aliphatic rings. The van der Waals surface area contributed by atoms with Crippen LogP contribution in [0.4, 0.5) is 0 Å². The van der Waals surface area contributed by atoms with Gasteiger partial charge in [0.15, 0.2) is 0 Å². The van der Waals surface area contributed by atoms with Gasteiger partial charge in [0, 0.05) is 0 Å². The van der Waals surface area contributed by atoms with E-state index in [4.69, 9.17) is 10.5 Å². The summed E-state index contributed by atoms with van der Waals surface area (Å²) in [6.45, 7) is 10.1. The molecule has 0 aliphatic heterocycles. The van der Waals surface area contributed by atoms with Crippen LogP contribution in [0.5, 0.6) is 5.75 Å². The first-order valence-corrected chi connectivity index (χ1v) is 8.48.